The third-order valence-electron chi connectivity index (χ3n) is 5.75. The summed E-state index contributed by atoms with van der Waals surface area (Å²) in [6, 6.07) is 8.55. The number of sulfonamides is 1. The minimum atomic E-state index is -3.68. The number of aromatic nitrogens is 3. The lowest BCUT2D eigenvalue weighted by molar-refractivity contribution is 0.362. The zero-order valence-corrected chi connectivity index (χ0v) is 18.9. The van der Waals surface area contributed by atoms with Crippen molar-refractivity contribution in [2.24, 2.45) is 0 Å². The number of nitrogens with one attached hydrogen (secondary N) is 1. The van der Waals surface area contributed by atoms with Crippen LogP contribution in [0.15, 0.2) is 35.5 Å². The second-order valence-corrected chi connectivity index (χ2v) is 10.3. The van der Waals surface area contributed by atoms with Gasteiger partial charge in [0.1, 0.15) is 16.7 Å². The number of hydrogen-bond donors (Lipinski definition) is 1. The average molecular weight is 438 g/mol. The fourth-order valence-electron chi connectivity index (χ4n) is 4.44. The van der Waals surface area contributed by atoms with E-state index in [0.717, 1.165) is 42.1 Å². The molecule has 1 aliphatic rings. The van der Waals surface area contributed by atoms with Gasteiger partial charge in [-0.2, -0.15) is 5.26 Å². The van der Waals surface area contributed by atoms with Gasteiger partial charge in [0, 0.05) is 17.5 Å². The van der Waals surface area contributed by atoms with Crippen LogP contribution in [-0.2, 0) is 10.0 Å². The van der Waals surface area contributed by atoms with Crippen LogP contribution in [0.2, 0.25) is 0 Å². The number of hydrogen-bond acceptors (Lipinski definition) is 5. The van der Waals surface area contributed by atoms with Crippen molar-refractivity contribution in [3.63, 3.8) is 0 Å². The van der Waals surface area contributed by atoms with Crippen LogP contribution in [-0.4, -0.2) is 29.0 Å². The van der Waals surface area contributed by atoms with Gasteiger partial charge in [0.15, 0.2) is 5.82 Å². The molecule has 4 rings (SSSR count). The van der Waals surface area contributed by atoms with Crippen LogP contribution in [0.3, 0.4) is 0 Å². The molecule has 0 atom stereocenters. The van der Waals surface area contributed by atoms with Crippen LogP contribution in [0, 0.1) is 18.3 Å². The zero-order valence-electron chi connectivity index (χ0n) is 18.1. The molecule has 1 N–H and O–H groups in total. The fourth-order valence-corrected chi connectivity index (χ4v) is 5.58. The van der Waals surface area contributed by atoms with Gasteiger partial charge >= 0.3 is 0 Å². The van der Waals surface area contributed by atoms with E-state index in [0.29, 0.717) is 17.1 Å². The summed E-state index contributed by atoms with van der Waals surface area (Å²) < 4.78 is 29.7. The van der Waals surface area contributed by atoms with E-state index in [2.05, 4.69) is 37.5 Å². The predicted octanol–water partition coefficient (Wildman–Crippen LogP) is 4.47. The van der Waals surface area contributed by atoms with Crippen molar-refractivity contribution >= 4 is 20.9 Å². The van der Waals surface area contributed by atoms with Gasteiger partial charge in [-0.15, -0.1) is 0 Å². The average Bonchev–Trinajstić information content (AvgIpc) is 3.07. The third-order valence-corrected chi connectivity index (χ3v) is 7.36. The van der Waals surface area contributed by atoms with E-state index < -0.39 is 10.0 Å². The van der Waals surface area contributed by atoms with E-state index in [1.165, 1.54) is 18.8 Å². The molecule has 0 aliphatic heterocycles. The highest BCUT2D eigenvalue weighted by Crippen LogP contribution is 2.39. The van der Waals surface area contributed by atoms with Gasteiger partial charge in [-0.05, 0) is 45.7 Å². The lowest BCUT2D eigenvalue weighted by atomic mass is 9.95. The molecule has 0 bridgehead atoms. The monoisotopic (exact) mass is 437 g/mol. The highest BCUT2D eigenvalue weighted by atomic mass is 32.2. The van der Waals surface area contributed by atoms with Crippen LogP contribution < -0.4 is 4.72 Å². The molecule has 2 heterocycles. The van der Waals surface area contributed by atoms with E-state index >= 15 is 0 Å². The van der Waals surface area contributed by atoms with Gasteiger partial charge in [0.05, 0.1) is 23.5 Å². The molecular weight excluding hydrogens is 410 g/mol. The van der Waals surface area contributed by atoms with Crippen LogP contribution in [0.25, 0.3) is 22.4 Å². The van der Waals surface area contributed by atoms with Crippen LogP contribution in [0.4, 0.5) is 0 Å². The first kappa shape index (κ1) is 21.5. The van der Waals surface area contributed by atoms with Crippen molar-refractivity contribution in [1.82, 2.24) is 19.3 Å². The summed E-state index contributed by atoms with van der Waals surface area (Å²) in [4.78, 5) is 8.82. The standard InChI is InChI=1S/C23H27N5O2S/c1-15(2)27-31(29,30)18-13-25-23(26-14-18)22-20(12-24)19-11-16(3)9-10-21(19)28(22)17-7-5-4-6-8-17/h9-11,13-15,17,27H,4-8H2,1-3H3. The summed E-state index contributed by atoms with van der Waals surface area (Å²) in [5.41, 5.74) is 3.31. The Bertz CT molecular complexity index is 1250. The second kappa shape index (κ2) is 8.40. The maximum absolute atomic E-state index is 12.5. The summed E-state index contributed by atoms with van der Waals surface area (Å²) in [7, 11) is -3.68. The lowest BCUT2D eigenvalue weighted by Crippen LogP contribution is -2.30. The van der Waals surface area contributed by atoms with Gasteiger partial charge in [0.2, 0.25) is 10.0 Å². The number of rotatable bonds is 5. The summed E-state index contributed by atoms with van der Waals surface area (Å²) in [6.07, 6.45) is 8.25. The Morgan fingerprint density at radius 3 is 2.45 bits per heavy atom. The Balaban J connectivity index is 1.89. The third kappa shape index (κ3) is 4.08. The second-order valence-electron chi connectivity index (χ2n) is 8.54. The van der Waals surface area contributed by atoms with Crippen molar-refractivity contribution in [3.05, 3.63) is 41.7 Å². The van der Waals surface area contributed by atoms with Gasteiger partial charge in [-0.3, -0.25) is 0 Å². The number of nitrogens with zero attached hydrogens (tertiary/aromatic N) is 4. The molecule has 0 radical (unpaired) electrons. The topological polar surface area (TPSA) is 101 Å². The number of benzene rings is 1. The first-order chi connectivity index (χ1) is 14.8. The first-order valence-electron chi connectivity index (χ1n) is 10.7. The van der Waals surface area contributed by atoms with Crippen molar-refractivity contribution < 1.29 is 8.42 Å². The number of aryl methyl sites for hydroxylation is 1. The summed E-state index contributed by atoms with van der Waals surface area (Å²) in [5, 5.41) is 10.9. The van der Waals surface area contributed by atoms with Gasteiger partial charge in [0.25, 0.3) is 0 Å². The quantitative estimate of drug-likeness (QED) is 0.635. The first-order valence-corrected chi connectivity index (χ1v) is 12.2. The Kier molecular flexibility index (Phi) is 5.82. The molecule has 162 valence electrons. The highest BCUT2D eigenvalue weighted by Gasteiger charge is 2.27. The number of fused-ring (bicyclic) bond motifs is 1. The van der Waals surface area contributed by atoms with Gasteiger partial charge < -0.3 is 4.57 Å². The largest absolute Gasteiger partial charge is 0.334 e. The molecule has 0 spiro atoms. The molecule has 8 heteroatoms. The Labute approximate surface area is 183 Å². The minimum absolute atomic E-state index is 0.0135. The van der Waals surface area contributed by atoms with Gasteiger partial charge in [-0.25, -0.2) is 23.1 Å². The Morgan fingerprint density at radius 1 is 1.16 bits per heavy atom. The van der Waals surface area contributed by atoms with Crippen LogP contribution in [0.1, 0.15) is 63.1 Å². The van der Waals surface area contributed by atoms with E-state index in [1.54, 1.807) is 13.8 Å². The van der Waals surface area contributed by atoms with Crippen molar-refractivity contribution in [2.45, 2.75) is 69.9 Å². The molecule has 31 heavy (non-hydrogen) atoms. The molecule has 0 amide bonds. The molecule has 0 unspecified atom stereocenters. The Hall–Kier alpha value is -2.76. The molecule has 0 saturated heterocycles. The van der Waals surface area contributed by atoms with Gasteiger partial charge in [-0.1, -0.05) is 30.9 Å². The van der Waals surface area contributed by atoms with E-state index in [1.807, 2.05) is 13.0 Å². The highest BCUT2D eigenvalue weighted by molar-refractivity contribution is 7.89. The SMILES string of the molecule is Cc1ccc2c(c1)c(C#N)c(-c1ncc(S(=O)(=O)NC(C)C)cn1)n2C1CCCCC1. The van der Waals surface area contributed by atoms with Crippen LogP contribution in [0.5, 0.6) is 0 Å². The van der Waals surface area contributed by atoms with Crippen molar-refractivity contribution in [3.8, 4) is 17.6 Å². The normalized spacial score (nSPS) is 15.5. The summed E-state index contributed by atoms with van der Waals surface area (Å²) >= 11 is 0. The summed E-state index contributed by atoms with van der Waals surface area (Å²) in [6.45, 7) is 5.53. The van der Waals surface area contributed by atoms with E-state index in [9.17, 15) is 13.7 Å². The molecule has 1 fully saturated rings. The van der Waals surface area contributed by atoms with Crippen LogP contribution >= 0.6 is 0 Å². The fraction of sp³-hybridized carbons (Fsp3) is 0.435. The molecular formula is C23H27N5O2S. The van der Waals surface area contributed by atoms with Crippen molar-refractivity contribution in [1.29, 1.82) is 5.26 Å². The molecule has 1 aromatic carbocycles. The summed E-state index contributed by atoms with van der Waals surface area (Å²) in [5.74, 6) is 0.375. The maximum Gasteiger partial charge on any atom is 0.243 e. The van der Waals surface area contributed by atoms with E-state index in [4.69, 9.17) is 0 Å². The smallest absolute Gasteiger partial charge is 0.243 e. The molecule has 1 aliphatic carbocycles. The predicted molar refractivity (Wildman–Crippen MR) is 120 cm³/mol. The maximum atomic E-state index is 12.5. The zero-order chi connectivity index (χ0) is 22.2. The molecule has 1 saturated carbocycles. The Morgan fingerprint density at radius 2 is 1.84 bits per heavy atom. The molecule has 7 nitrogen and oxygen atoms in total. The lowest BCUT2D eigenvalue weighted by Gasteiger charge is -2.26. The van der Waals surface area contributed by atoms with Crippen molar-refractivity contribution in [2.75, 3.05) is 0 Å². The molecule has 3 aromatic rings. The number of nitriles is 1. The minimum Gasteiger partial charge on any atom is -0.334 e. The molecule has 2 aromatic heterocycles. The van der Waals surface area contributed by atoms with E-state index in [-0.39, 0.29) is 17.0 Å².